The first-order valence-corrected chi connectivity index (χ1v) is 9.29. The van der Waals surface area contributed by atoms with Gasteiger partial charge in [0.1, 0.15) is 5.75 Å². The summed E-state index contributed by atoms with van der Waals surface area (Å²) in [6.45, 7) is 0. The summed E-state index contributed by atoms with van der Waals surface area (Å²) >= 11 is 0. The van der Waals surface area contributed by atoms with Crippen molar-refractivity contribution in [3.05, 3.63) is 52.8 Å². The van der Waals surface area contributed by atoms with Crippen molar-refractivity contribution < 1.29 is 9.53 Å². The van der Waals surface area contributed by atoms with Crippen molar-refractivity contribution in [2.75, 3.05) is 7.11 Å². The quantitative estimate of drug-likeness (QED) is 0.738. The Bertz CT molecular complexity index is 1100. The Balaban J connectivity index is 1.49. The third kappa shape index (κ3) is 2.10. The smallest absolute Gasteiger partial charge is 0.253 e. The molecule has 1 aliphatic heterocycles. The third-order valence-corrected chi connectivity index (χ3v) is 5.93. The van der Waals surface area contributed by atoms with Gasteiger partial charge < -0.3 is 15.0 Å². The van der Waals surface area contributed by atoms with Gasteiger partial charge in [0.2, 0.25) is 0 Å². The topological polar surface area (TPSA) is 79.9 Å². The summed E-state index contributed by atoms with van der Waals surface area (Å²) in [5, 5.41) is 3.11. The van der Waals surface area contributed by atoms with E-state index in [-0.39, 0.29) is 5.91 Å². The van der Waals surface area contributed by atoms with E-state index in [0.29, 0.717) is 17.8 Å². The number of hydrogen-bond donors (Lipinski definition) is 2. The van der Waals surface area contributed by atoms with Crippen molar-refractivity contribution in [1.82, 2.24) is 20.3 Å². The van der Waals surface area contributed by atoms with E-state index in [1.165, 1.54) is 0 Å². The van der Waals surface area contributed by atoms with E-state index >= 15 is 0 Å². The molecular weight excluding hydrogens is 340 g/mol. The number of fused-ring (bicyclic) bond motifs is 7. The number of hydrogen-bond acceptors (Lipinski definition) is 4. The molecule has 0 radical (unpaired) electrons. The Morgan fingerprint density at radius 1 is 1.19 bits per heavy atom. The number of carbonyl (C=O) groups is 1. The highest BCUT2D eigenvalue weighted by Gasteiger charge is 2.48. The van der Waals surface area contributed by atoms with E-state index in [2.05, 4.69) is 15.3 Å². The third-order valence-electron chi connectivity index (χ3n) is 5.93. The van der Waals surface area contributed by atoms with Crippen molar-refractivity contribution in [2.24, 2.45) is 0 Å². The molecule has 2 aliphatic carbocycles. The average molecular weight is 358 g/mol. The Kier molecular flexibility index (Phi) is 2.88. The van der Waals surface area contributed by atoms with Gasteiger partial charge in [0.25, 0.3) is 5.91 Å². The molecule has 6 nitrogen and oxygen atoms in total. The van der Waals surface area contributed by atoms with Crippen LogP contribution < -0.4 is 10.1 Å². The van der Waals surface area contributed by atoms with Crippen LogP contribution in [0.25, 0.3) is 22.8 Å². The number of nitrogens with zero attached hydrogens (tertiary/aromatic N) is 2. The number of nitrogens with one attached hydrogen (secondary N) is 2. The molecule has 2 aromatic heterocycles. The average Bonchev–Trinajstić information content (AvgIpc) is 3.36. The maximum absolute atomic E-state index is 12.5. The first-order chi connectivity index (χ1) is 13.2. The van der Waals surface area contributed by atoms with E-state index in [9.17, 15) is 4.79 Å². The molecule has 2 N–H and O–H groups in total. The number of aromatic nitrogens is 3. The number of aromatic amines is 1. The lowest BCUT2D eigenvalue weighted by molar-refractivity contribution is 0.0943. The molecule has 3 aliphatic rings. The second-order valence-corrected chi connectivity index (χ2v) is 7.49. The van der Waals surface area contributed by atoms with Gasteiger partial charge in [-0.25, -0.2) is 9.97 Å². The molecule has 0 spiro atoms. The fourth-order valence-electron chi connectivity index (χ4n) is 4.41. The van der Waals surface area contributed by atoms with Crippen LogP contribution >= 0.6 is 0 Å². The maximum atomic E-state index is 12.5. The Morgan fingerprint density at radius 2 is 2.04 bits per heavy atom. The molecule has 6 rings (SSSR count). The fraction of sp³-hybridized carbons (Fsp3) is 0.286. The standard InChI is InChI=1S/C21H18N4O2/c1-27-12-5-2-10(3-6-12)20-22-9-11-4-7-13-16-18(24-19(13)17(11)25-20)14-8-15(14)23-21(16)26/h2-3,5-6,9,14-15,24H,4,7-8H2,1H3,(H,23,26). The lowest BCUT2D eigenvalue weighted by Gasteiger charge is -2.17. The van der Waals surface area contributed by atoms with Crippen molar-refractivity contribution in [3.63, 3.8) is 0 Å². The van der Waals surface area contributed by atoms with Crippen LogP contribution in [0, 0.1) is 0 Å². The molecule has 1 aromatic carbocycles. The summed E-state index contributed by atoms with van der Waals surface area (Å²) < 4.78 is 5.23. The zero-order valence-electron chi connectivity index (χ0n) is 14.9. The minimum Gasteiger partial charge on any atom is -0.497 e. The van der Waals surface area contributed by atoms with E-state index < -0.39 is 0 Å². The van der Waals surface area contributed by atoms with Gasteiger partial charge in [-0.05, 0) is 54.7 Å². The SMILES string of the molecule is COc1ccc(-c2ncc3c(n2)-c2[nH]c4c(c2CC3)C(=O)NC2CC42)cc1. The number of aryl methyl sites for hydroxylation is 1. The number of carbonyl (C=O) groups excluding carboxylic acids is 1. The molecule has 0 bridgehead atoms. The van der Waals surface area contributed by atoms with Crippen LogP contribution in [0.3, 0.4) is 0 Å². The lowest BCUT2D eigenvalue weighted by atomic mass is 9.91. The van der Waals surface area contributed by atoms with Gasteiger partial charge in [-0.2, -0.15) is 0 Å². The molecule has 3 heterocycles. The molecule has 2 unspecified atom stereocenters. The molecule has 6 heteroatoms. The van der Waals surface area contributed by atoms with Crippen LogP contribution in [0.4, 0.5) is 0 Å². The van der Waals surface area contributed by atoms with Crippen molar-refractivity contribution >= 4 is 5.91 Å². The second-order valence-electron chi connectivity index (χ2n) is 7.49. The van der Waals surface area contributed by atoms with Gasteiger partial charge in [-0.15, -0.1) is 0 Å². The monoisotopic (exact) mass is 358 g/mol. The normalized spacial score (nSPS) is 21.4. The van der Waals surface area contributed by atoms with Gasteiger partial charge in [0.05, 0.1) is 24.1 Å². The van der Waals surface area contributed by atoms with Crippen LogP contribution in [0.5, 0.6) is 5.75 Å². The van der Waals surface area contributed by atoms with Crippen molar-refractivity contribution in [3.8, 4) is 28.5 Å². The molecule has 1 saturated carbocycles. The van der Waals surface area contributed by atoms with Crippen LogP contribution in [0.1, 0.15) is 39.5 Å². The molecule has 0 saturated heterocycles. The number of methoxy groups -OCH3 is 1. The highest BCUT2D eigenvalue weighted by Crippen LogP contribution is 2.48. The largest absolute Gasteiger partial charge is 0.497 e. The first kappa shape index (κ1) is 15.0. The summed E-state index contributed by atoms with van der Waals surface area (Å²) in [6.07, 6.45) is 4.66. The van der Waals surface area contributed by atoms with Gasteiger partial charge in [0.15, 0.2) is 5.82 Å². The first-order valence-electron chi connectivity index (χ1n) is 9.29. The van der Waals surface area contributed by atoms with Crippen LogP contribution in [-0.2, 0) is 12.8 Å². The summed E-state index contributed by atoms with van der Waals surface area (Å²) in [5.74, 6) is 2.00. The summed E-state index contributed by atoms with van der Waals surface area (Å²) in [4.78, 5) is 25.5. The molecule has 2 atom stereocenters. The fourth-order valence-corrected chi connectivity index (χ4v) is 4.41. The second kappa shape index (κ2) is 5.19. The van der Waals surface area contributed by atoms with E-state index in [1.807, 2.05) is 30.5 Å². The predicted molar refractivity (Wildman–Crippen MR) is 99.8 cm³/mol. The number of amides is 1. The number of ether oxygens (including phenoxy) is 1. The zero-order valence-corrected chi connectivity index (χ0v) is 14.9. The van der Waals surface area contributed by atoms with Crippen molar-refractivity contribution in [1.29, 1.82) is 0 Å². The number of benzene rings is 1. The molecule has 27 heavy (non-hydrogen) atoms. The van der Waals surface area contributed by atoms with E-state index in [0.717, 1.165) is 64.3 Å². The van der Waals surface area contributed by atoms with Gasteiger partial charge in [-0.1, -0.05) is 0 Å². The summed E-state index contributed by atoms with van der Waals surface area (Å²) in [5.41, 5.74) is 7.08. The van der Waals surface area contributed by atoms with Crippen LogP contribution in [-0.4, -0.2) is 34.0 Å². The van der Waals surface area contributed by atoms with Crippen LogP contribution in [0.15, 0.2) is 30.5 Å². The summed E-state index contributed by atoms with van der Waals surface area (Å²) in [6, 6.07) is 8.06. The predicted octanol–water partition coefficient (Wildman–Crippen LogP) is 2.85. The Hall–Kier alpha value is -3.15. The van der Waals surface area contributed by atoms with Crippen molar-refractivity contribution in [2.45, 2.75) is 31.2 Å². The van der Waals surface area contributed by atoms with Gasteiger partial charge >= 0.3 is 0 Å². The molecule has 134 valence electrons. The maximum Gasteiger partial charge on any atom is 0.253 e. The van der Waals surface area contributed by atoms with Gasteiger partial charge in [0, 0.05) is 29.4 Å². The number of H-pyrrole nitrogens is 1. The highest BCUT2D eigenvalue weighted by molar-refractivity contribution is 6.01. The summed E-state index contributed by atoms with van der Waals surface area (Å²) in [7, 11) is 1.65. The molecule has 1 fully saturated rings. The van der Waals surface area contributed by atoms with Gasteiger partial charge in [-0.3, -0.25) is 4.79 Å². The van der Waals surface area contributed by atoms with E-state index in [4.69, 9.17) is 9.72 Å². The zero-order chi connectivity index (χ0) is 18.1. The van der Waals surface area contributed by atoms with Crippen LogP contribution in [0.2, 0.25) is 0 Å². The minimum absolute atomic E-state index is 0.0640. The lowest BCUT2D eigenvalue weighted by Crippen LogP contribution is -2.31. The molecule has 1 amide bonds. The highest BCUT2D eigenvalue weighted by atomic mass is 16.5. The minimum atomic E-state index is 0.0640. The molecular formula is C21H18N4O2. The number of rotatable bonds is 2. The molecule has 3 aromatic rings. The Labute approximate surface area is 156 Å². The Morgan fingerprint density at radius 3 is 2.85 bits per heavy atom. The van der Waals surface area contributed by atoms with E-state index in [1.54, 1.807) is 7.11 Å².